The van der Waals surface area contributed by atoms with Crippen LogP contribution >= 0.6 is 0 Å². The Morgan fingerprint density at radius 3 is 2.87 bits per heavy atom. The maximum Gasteiger partial charge on any atom is 0.255 e. The number of para-hydroxylation sites is 1. The summed E-state index contributed by atoms with van der Waals surface area (Å²) < 4.78 is 62.1. The zero-order chi connectivity index (χ0) is 21.5. The van der Waals surface area contributed by atoms with E-state index in [1.807, 2.05) is 0 Å². The van der Waals surface area contributed by atoms with E-state index >= 15 is 0 Å². The number of ether oxygens (including phenoxy) is 2. The molecule has 160 valence electrons. The van der Waals surface area contributed by atoms with E-state index in [0.717, 1.165) is 12.3 Å². The number of rotatable bonds is 4. The standard InChI is InChI=1S/C18H18F2N4O5S/c19-18(20)5-7-24(12-2-1-3-14-16(12)29-10-28-14)13(9-18)17(25)23-11-4-6-22-15(8-11)30(21,26)27/h1-4,6,8,13H,5,7,9-10H2,(H2,21,26,27)(H,22,23,25). The van der Waals surface area contributed by atoms with Crippen molar-refractivity contribution >= 4 is 27.3 Å². The summed E-state index contributed by atoms with van der Waals surface area (Å²) in [5.41, 5.74) is 0.548. The number of aromatic nitrogens is 1. The van der Waals surface area contributed by atoms with Crippen molar-refractivity contribution in [3.63, 3.8) is 0 Å². The molecule has 2 aliphatic heterocycles. The Morgan fingerprint density at radius 2 is 2.10 bits per heavy atom. The van der Waals surface area contributed by atoms with Gasteiger partial charge in [0.05, 0.1) is 5.69 Å². The maximum atomic E-state index is 14.2. The third-order valence-corrected chi connectivity index (χ3v) is 5.67. The van der Waals surface area contributed by atoms with Gasteiger partial charge in [-0.3, -0.25) is 4.79 Å². The number of hydrogen-bond donors (Lipinski definition) is 2. The molecule has 2 aromatic rings. The zero-order valence-electron chi connectivity index (χ0n) is 15.5. The SMILES string of the molecule is NS(=O)(=O)c1cc(NC(=O)C2CC(F)(F)CCN2c2cccc3c2OCO3)ccn1. The minimum absolute atomic E-state index is 0.000560. The predicted molar refractivity (Wildman–Crippen MR) is 102 cm³/mol. The van der Waals surface area contributed by atoms with Crippen LogP contribution in [0.3, 0.4) is 0 Å². The number of nitrogens with two attached hydrogens (primary N) is 1. The van der Waals surface area contributed by atoms with Crippen LogP contribution in [0.2, 0.25) is 0 Å². The largest absolute Gasteiger partial charge is 0.454 e. The van der Waals surface area contributed by atoms with Crippen LogP contribution < -0.4 is 24.8 Å². The molecule has 4 rings (SSSR count). The fraction of sp³-hybridized carbons (Fsp3) is 0.333. The number of hydrogen-bond acceptors (Lipinski definition) is 7. The molecule has 1 saturated heterocycles. The first-order valence-corrected chi connectivity index (χ1v) is 10.5. The minimum Gasteiger partial charge on any atom is -0.454 e. The summed E-state index contributed by atoms with van der Waals surface area (Å²) in [5.74, 6) is -2.90. The third-order valence-electron chi connectivity index (χ3n) is 4.87. The van der Waals surface area contributed by atoms with Crippen molar-refractivity contribution in [3.05, 3.63) is 36.5 Å². The van der Waals surface area contributed by atoms with Crippen LogP contribution in [-0.4, -0.2) is 44.6 Å². The first kappa shape index (κ1) is 20.3. The van der Waals surface area contributed by atoms with Crippen molar-refractivity contribution in [2.45, 2.75) is 29.8 Å². The highest BCUT2D eigenvalue weighted by molar-refractivity contribution is 7.89. The zero-order valence-corrected chi connectivity index (χ0v) is 16.4. The first-order valence-electron chi connectivity index (χ1n) is 8.97. The van der Waals surface area contributed by atoms with E-state index in [-0.39, 0.29) is 19.0 Å². The number of carbonyl (C=O) groups is 1. The monoisotopic (exact) mass is 440 g/mol. The molecule has 12 heteroatoms. The Hall–Kier alpha value is -2.99. The number of alkyl halides is 2. The Bertz CT molecular complexity index is 1100. The number of amides is 1. The molecule has 30 heavy (non-hydrogen) atoms. The Balaban J connectivity index is 1.64. The quantitative estimate of drug-likeness (QED) is 0.742. The van der Waals surface area contributed by atoms with Gasteiger partial charge in [-0.15, -0.1) is 0 Å². The smallest absolute Gasteiger partial charge is 0.255 e. The number of piperidine rings is 1. The van der Waals surface area contributed by atoms with Crippen molar-refractivity contribution in [2.24, 2.45) is 5.14 Å². The topological polar surface area (TPSA) is 124 Å². The number of benzene rings is 1. The molecule has 1 fully saturated rings. The second-order valence-corrected chi connectivity index (χ2v) is 8.46. The Kier molecular flexibility index (Phi) is 4.98. The molecule has 0 bridgehead atoms. The summed E-state index contributed by atoms with van der Waals surface area (Å²) in [6, 6.07) is 6.22. The lowest BCUT2D eigenvalue weighted by Gasteiger charge is -2.40. The lowest BCUT2D eigenvalue weighted by atomic mass is 9.96. The average molecular weight is 440 g/mol. The van der Waals surface area contributed by atoms with Gasteiger partial charge in [0.2, 0.25) is 12.7 Å². The van der Waals surface area contributed by atoms with E-state index in [2.05, 4.69) is 10.3 Å². The van der Waals surface area contributed by atoms with Crippen LogP contribution in [0, 0.1) is 0 Å². The molecule has 1 atom stereocenters. The molecule has 1 unspecified atom stereocenters. The van der Waals surface area contributed by atoms with Gasteiger partial charge in [-0.2, -0.15) is 0 Å². The van der Waals surface area contributed by atoms with E-state index in [1.54, 1.807) is 23.1 Å². The van der Waals surface area contributed by atoms with Gasteiger partial charge in [-0.1, -0.05) is 6.07 Å². The van der Waals surface area contributed by atoms with Crippen molar-refractivity contribution in [1.82, 2.24) is 4.98 Å². The van der Waals surface area contributed by atoms with Gasteiger partial charge < -0.3 is 19.7 Å². The number of pyridine rings is 1. The molecule has 1 aromatic heterocycles. The highest BCUT2D eigenvalue weighted by atomic mass is 32.2. The Morgan fingerprint density at radius 1 is 1.30 bits per heavy atom. The summed E-state index contributed by atoms with van der Waals surface area (Å²) in [5, 5.41) is 7.09. The van der Waals surface area contributed by atoms with Gasteiger partial charge in [-0.05, 0) is 18.2 Å². The number of fused-ring (bicyclic) bond motifs is 1. The summed E-state index contributed by atoms with van der Waals surface area (Å²) in [6.45, 7) is -0.0791. The summed E-state index contributed by atoms with van der Waals surface area (Å²) in [6.07, 6.45) is 0.0144. The van der Waals surface area contributed by atoms with E-state index in [1.165, 1.54) is 6.07 Å². The molecule has 0 saturated carbocycles. The lowest BCUT2D eigenvalue weighted by molar-refractivity contribution is -0.121. The van der Waals surface area contributed by atoms with Crippen LogP contribution in [0.1, 0.15) is 12.8 Å². The van der Waals surface area contributed by atoms with Gasteiger partial charge in [0.1, 0.15) is 6.04 Å². The number of nitrogens with zero attached hydrogens (tertiary/aromatic N) is 2. The predicted octanol–water partition coefficient (Wildman–Crippen LogP) is 1.70. The van der Waals surface area contributed by atoms with Crippen LogP contribution in [0.5, 0.6) is 11.5 Å². The van der Waals surface area contributed by atoms with E-state index in [0.29, 0.717) is 17.2 Å². The van der Waals surface area contributed by atoms with Crippen LogP contribution in [0.4, 0.5) is 20.2 Å². The van der Waals surface area contributed by atoms with Crippen molar-refractivity contribution < 1.29 is 31.5 Å². The van der Waals surface area contributed by atoms with Gasteiger partial charge >= 0.3 is 0 Å². The fourth-order valence-electron chi connectivity index (χ4n) is 3.47. The lowest BCUT2D eigenvalue weighted by Crippen LogP contribution is -2.53. The molecule has 3 N–H and O–H groups in total. The Labute approximate surface area is 170 Å². The average Bonchev–Trinajstić information content (AvgIpc) is 3.16. The summed E-state index contributed by atoms with van der Waals surface area (Å²) in [4.78, 5) is 18.1. The number of anilines is 2. The third kappa shape index (κ3) is 4.00. The molecule has 1 aromatic carbocycles. The van der Waals surface area contributed by atoms with Crippen molar-refractivity contribution in [2.75, 3.05) is 23.6 Å². The number of nitrogens with one attached hydrogen (secondary N) is 1. The molecule has 0 aliphatic carbocycles. The molecule has 0 spiro atoms. The highest BCUT2D eigenvalue weighted by Gasteiger charge is 2.44. The molecular weight excluding hydrogens is 422 g/mol. The number of carbonyl (C=O) groups excluding carboxylic acids is 1. The second-order valence-electron chi connectivity index (χ2n) is 6.95. The van der Waals surface area contributed by atoms with Crippen molar-refractivity contribution in [3.8, 4) is 11.5 Å². The van der Waals surface area contributed by atoms with E-state index in [4.69, 9.17) is 14.6 Å². The molecule has 3 heterocycles. The van der Waals surface area contributed by atoms with Gasteiger partial charge in [0.15, 0.2) is 16.5 Å². The van der Waals surface area contributed by atoms with Gasteiger partial charge in [0, 0.05) is 37.3 Å². The van der Waals surface area contributed by atoms with Crippen molar-refractivity contribution in [1.29, 1.82) is 0 Å². The van der Waals surface area contributed by atoms with E-state index in [9.17, 15) is 22.0 Å². The molecule has 0 radical (unpaired) electrons. The number of halogens is 2. The molecule has 9 nitrogen and oxygen atoms in total. The molecular formula is C18H18F2N4O5S. The summed E-state index contributed by atoms with van der Waals surface area (Å²) >= 11 is 0. The highest BCUT2D eigenvalue weighted by Crippen LogP contribution is 2.44. The number of primary sulfonamides is 1. The summed E-state index contributed by atoms with van der Waals surface area (Å²) in [7, 11) is -4.09. The van der Waals surface area contributed by atoms with Crippen LogP contribution in [0.15, 0.2) is 41.6 Å². The first-order chi connectivity index (χ1) is 14.1. The molecule has 1 amide bonds. The van der Waals surface area contributed by atoms with Crippen LogP contribution in [-0.2, 0) is 14.8 Å². The van der Waals surface area contributed by atoms with Gasteiger partial charge in [0.25, 0.3) is 15.9 Å². The number of sulfonamides is 1. The minimum atomic E-state index is -4.09. The second kappa shape index (κ2) is 7.36. The molecule has 2 aliphatic rings. The van der Waals surface area contributed by atoms with Crippen LogP contribution in [0.25, 0.3) is 0 Å². The maximum absolute atomic E-state index is 14.2. The van der Waals surface area contributed by atoms with Gasteiger partial charge in [-0.25, -0.2) is 27.3 Å². The van der Waals surface area contributed by atoms with E-state index < -0.39 is 45.8 Å². The fourth-order valence-corrected chi connectivity index (χ4v) is 3.97. The normalized spacial score (nSPS) is 20.1.